The topological polar surface area (TPSA) is 112 Å². The molecule has 0 radical (unpaired) electrons. The zero-order valence-electron chi connectivity index (χ0n) is 19.0. The van der Waals surface area contributed by atoms with Gasteiger partial charge in [-0.15, -0.1) is 0 Å². The van der Waals surface area contributed by atoms with Crippen LogP contribution in [0.25, 0.3) is 0 Å². The summed E-state index contributed by atoms with van der Waals surface area (Å²) >= 11 is 0. The molecule has 3 unspecified atom stereocenters. The van der Waals surface area contributed by atoms with Gasteiger partial charge < -0.3 is 29.2 Å². The fourth-order valence-corrected chi connectivity index (χ4v) is 5.14. The molecular formula is C27H24O8. The molecule has 1 aliphatic heterocycles. The van der Waals surface area contributed by atoms with Gasteiger partial charge in [-0.1, -0.05) is 36.4 Å². The van der Waals surface area contributed by atoms with Crippen LogP contribution in [0.1, 0.15) is 34.1 Å². The van der Waals surface area contributed by atoms with Gasteiger partial charge >= 0.3 is 11.9 Å². The average Bonchev–Trinajstić information content (AvgIpc) is 3.34. The zero-order chi connectivity index (χ0) is 24.5. The molecule has 8 nitrogen and oxygen atoms in total. The lowest BCUT2D eigenvalue weighted by atomic mass is 9.64. The number of ether oxygens (including phenoxy) is 4. The summed E-state index contributed by atoms with van der Waals surface area (Å²) in [6.07, 6.45) is 0.462. The highest BCUT2D eigenvalue weighted by atomic mass is 16.7. The van der Waals surface area contributed by atoms with Crippen molar-refractivity contribution >= 4 is 11.9 Å². The van der Waals surface area contributed by atoms with Crippen molar-refractivity contribution in [1.29, 1.82) is 0 Å². The summed E-state index contributed by atoms with van der Waals surface area (Å²) in [5.74, 6) is -1.86. The Labute approximate surface area is 201 Å². The first kappa shape index (κ1) is 22.6. The fourth-order valence-electron chi connectivity index (χ4n) is 5.14. The number of carboxylic acid groups (broad SMARTS) is 2. The molecule has 2 aliphatic rings. The molecule has 180 valence electrons. The van der Waals surface area contributed by atoms with Crippen molar-refractivity contribution in [3.63, 3.8) is 0 Å². The lowest BCUT2D eigenvalue weighted by Gasteiger charge is -2.38. The van der Waals surface area contributed by atoms with Crippen LogP contribution in [0.2, 0.25) is 0 Å². The van der Waals surface area contributed by atoms with Gasteiger partial charge in [-0.3, -0.25) is 4.79 Å². The molecule has 3 aromatic rings. The van der Waals surface area contributed by atoms with E-state index in [0.717, 1.165) is 16.7 Å². The molecule has 3 aromatic carbocycles. The number of hydrogen-bond acceptors (Lipinski definition) is 6. The van der Waals surface area contributed by atoms with E-state index in [-0.39, 0.29) is 6.79 Å². The van der Waals surface area contributed by atoms with E-state index in [4.69, 9.17) is 24.1 Å². The maximum atomic E-state index is 12.9. The Morgan fingerprint density at radius 3 is 2.54 bits per heavy atom. The lowest BCUT2D eigenvalue weighted by molar-refractivity contribution is -0.143. The highest BCUT2D eigenvalue weighted by molar-refractivity contribution is 5.76. The highest BCUT2D eigenvalue weighted by Gasteiger charge is 2.44. The third kappa shape index (κ3) is 4.23. The quantitative estimate of drug-likeness (QED) is 0.525. The smallest absolute Gasteiger partial charge is 0.341 e. The maximum Gasteiger partial charge on any atom is 0.341 e. The molecule has 1 aliphatic carbocycles. The second-order valence-electron chi connectivity index (χ2n) is 8.55. The minimum absolute atomic E-state index is 0.126. The minimum Gasteiger partial charge on any atom is -0.497 e. The molecule has 0 amide bonds. The normalized spacial score (nSPS) is 20.1. The summed E-state index contributed by atoms with van der Waals surface area (Å²) < 4.78 is 21.9. The largest absolute Gasteiger partial charge is 0.497 e. The maximum absolute atomic E-state index is 12.9. The number of carbonyl (C=O) groups is 2. The number of fused-ring (bicyclic) bond motifs is 2. The van der Waals surface area contributed by atoms with E-state index in [2.05, 4.69) is 0 Å². The van der Waals surface area contributed by atoms with Gasteiger partial charge in [0.05, 0.1) is 13.0 Å². The Morgan fingerprint density at radius 2 is 1.77 bits per heavy atom. The van der Waals surface area contributed by atoms with Crippen LogP contribution in [0.3, 0.4) is 0 Å². The molecule has 35 heavy (non-hydrogen) atoms. The zero-order valence-corrected chi connectivity index (χ0v) is 19.0. The third-order valence-corrected chi connectivity index (χ3v) is 6.63. The summed E-state index contributed by atoms with van der Waals surface area (Å²) in [5.41, 5.74) is 3.40. The average molecular weight is 476 g/mol. The van der Waals surface area contributed by atoms with Crippen molar-refractivity contribution in [2.45, 2.75) is 18.3 Å². The summed E-state index contributed by atoms with van der Waals surface area (Å²) in [6.45, 7) is -0.423. The van der Waals surface area contributed by atoms with E-state index in [1.54, 1.807) is 24.3 Å². The number of aliphatic carboxylic acids is 2. The Kier molecular flexibility index (Phi) is 5.94. The number of benzene rings is 3. The summed E-state index contributed by atoms with van der Waals surface area (Å²) in [4.78, 5) is 24.1. The highest BCUT2D eigenvalue weighted by Crippen LogP contribution is 2.51. The molecule has 0 bridgehead atoms. The number of carboxylic acids is 2. The number of rotatable bonds is 7. The minimum atomic E-state index is -1.12. The predicted molar refractivity (Wildman–Crippen MR) is 125 cm³/mol. The first-order chi connectivity index (χ1) is 17.0. The van der Waals surface area contributed by atoms with E-state index in [1.165, 1.54) is 7.11 Å². The molecular weight excluding hydrogens is 452 g/mol. The van der Waals surface area contributed by atoms with Gasteiger partial charge in [-0.25, -0.2) is 4.79 Å². The van der Waals surface area contributed by atoms with Crippen LogP contribution < -0.4 is 18.9 Å². The van der Waals surface area contributed by atoms with Crippen molar-refractivity contribution < 1.29 is 38.7 Å². The molecule has 8 heteroatoms. The molecule has 0 spiro atoms. The van der Waals surface area contributed by atoms with Crippen molar-refractivity contribution in [2.75, 3.05) is 20.5 Å². The molecule has 0 saturated carbocycles. The van der Waals surface area contributed by atoms with Gasteiger partial charge in [-0.05, 0) is 46.9 Å². The second-order valence-corrected chi connectivity index (χ2v) is 8.55. The monoisotopic (exact) mass is 476 g/mol. The van der Waals surface area contributed by atoms with Gasteiger partial charge in [0.2, 0.25) is 6.79 Å². The van der Waals surface area contributed by atoms with Crippen LogP contribution in [0.4, 0.5) is 0 Å². The summed E-state index contributed by atoms with van der Waals surface area (Å²) in [5, 5.41) is 19.7. The van der Waals surface area contributed by atoms with Crippen molar-refractivity contribution in [1.82, 2.24) is 0 Å². The molecule has 3 atom stereocenters. The van der Waals surface area contributed by atoms with Gasteiger partial charge in [0, 0.05) is 17.9 Å². The predicted octanol–water partition coefficient (Wildman–Crippen LogP) is 4.06. The molecule has 0 fully saturated rings. The molecule has 0 aromatic heterocycles. The Hall–Kier alpha value is -4.20. The molecule has 1 heterocycles. The van der Waals surface area contributed by atoms with E-state index in [1.807, 2.05) is 36.4 Å². The van der Waals surface area contributed by atoms with Crippen molar-refractivity contribution in [2.24, 2.45) is 5.92 Å². The fraction of sp³-hybridized carbons (Fsp3) is 0.259. The van der Waals surface area contributed by atoms with Crippen LogP contribution in [-0.2, 0) is 16.0 Å². The first-order valence-electron chi connectivity index (χ1n) is 11.2. The van der Waals surface area contributed by atoms with Crippen molar-refractivity contribution in [3.8, 4) is 23.0 Å². The van der Waals surface area contributed by atoms with Gasteiger partial charge in [0.15, 0.2) is 18.1 Å². The van der Waals surface area contributed by atoms with E-state index in [9.17, 15) is 14.7 Å². The third-order valence-electron chi connectivity index (χ3n) is 6.63. The Morgan fingerprint density at radius 1 is 0.971 bits per heavy atom. The van der Waals surface area contributed by atoms with Crippen LogP contribution in [-0.4, -0.2) is 42.7 Å². The van der Waals surface area contributed by atoms with Crippen molar-refractivity contribution in [3.05, 3.63) is 82.9 Å². The summed E-state index contributed by atoms with van der Waals surface area (Å²) in [6, 6.07) is 18.4. The summed E-state index contributed by atoms with van der Waals surface area (Å²) in [7, 11) is 1.50. The number of hydrogen-bond donors (Lipinski definition) is 2. The van der Waals surface area contributed by atoms with Crippen LogP contribution >= 0.6 is 0 Å². The molecule has 0 saturated heterocycles. The molecule has 2 N–H and O–H groups in total. The van der Waals surface area contributed by atoms with Gasteiger partial charge in [-0.2, -0.15) is 0 Å². The standard InChI is InChI=1S/C27H24O8/c1-32-17-7-8-19(22(12-17)33-13-24(28)29)20-10-15-4-2-3-5-18(15)25(26(20)27(30)31)16-6-9-21-23(11-16)35-14-34-21/h2-9,11-12,20,25-26H,10,13-14H2,1H3,(H,28,29)(H,30,31). The van der Waals surface area contributed by atoms with E-state index < -0.39 is 36.3 Å². The van der Waals surface area contributed by atoms with E-state index in [0.29, 0.717) is 35.0 Å². The van der Waals surface area contributed by atoms with Gasteiger partial charge in [0.1, 0.15) is 11.5 Å². The SMILES string of the molecule is COc1ccc(C2Cc3ccccc3C(c3ccc4c(c3)OCO4)C2C(=O)O)c(OCC(=O)O)c1. The van der Waals surface area contributed by atoms with E-state index >= 15 is 0 Å². The number of methoxy groups -OCH3 is 1. The lowest BCUT2D eigenvalue weighted by Crippen LogP contribution is -2.35. The Bertz CT molecular complexity index is 1280. The second kappa shape index (κ2) is 9.21. The Balaban J connectivity index is 1.65. The van der Waals surface area contributed by atoms with Gasteiger partial charge in [0.25, 0.3) is 0 Å². The first-order valence-corrected chi connectivity index (χ1v) is 11.2. The van der Waals surface area contributed by atoms with Crippen LogP contribution in [0.5, 0.6) is 23.0 Å². The van der Waals surface area contributed by atoms with Crippen LogP contribution in [0, 0.1) is 5.92 Å². The molecule has 5 rings (SSSR count). The van der Waals surface area contributed by atoms with Crippen LogP contribution in [0.15, 0.2) is 60.7 Å².